The Kier molecular flexibility index (Phi) is 12.5. The number of H-pyrrole nitrogens is 1. The van der Waals surface area contributed by atoms with Crippen molar-refractivity contribution in [3.8, 4) is 0 Å². The zero-order valence-electron chi connectivity index (χ0n) is 20.1. The molecular formula is C24H41N5O4. The molecule has 4 N–H and O–H groups in total. The van der Waals surface area contributed by atoms with Crippen molar-refractivity contribution in [1.29, 1.82) is 0 Å². The number of aromatic nitrogens is 4. The monoisotopic (exact) mass is 463 g/mol. The Hall–Kier alpha value is -2.42. The van der Waals surface area contributed by atoms with E-state index in [-0.39, 0.29) is 54.3 Å². The van der Waals surface area contributed by atoms with E-state index in [2.05, 4.69) is 21.9 Å². The molecule has 2 aromatic rings. The third kappa shape index (κ3) is 9.53. The second-order valence-corrected chi connectivity index (χ2v) is 8.83. The minimum Gasteiger partial charge on any atom is -0.466 e. The summed E-state index contributed by atoms with van der Waals surface area (Å²) in [7, 11) is 0. The number of anilines is 1. The summed E-state index contributed by atoms with van der Waals surface area (Å²) in [5.74, 6) is -0.437. The first-order valence-electron chi connectivity index (χ1n) is 12.5. The van der Waals surface area contributed by atoms with Crippen LogP contribution >= 0.6 is 0 Å². The first kappa shape index (κ1) is 26.8. The number of imidazole rings is 1. The van der Waals surface area contributed by atoms with Crippen LogP contribution in [0.25, 0.3) is 11.2 Å². The number of nitrogens with zero attached hydrogens (tertiary/aromatic N) is 3. The van der Waals surface area contributed by atoms with Crippen LogP contribution < -0.4 is 11.3 Å². The van der Waals surface area contributed by atoms with Gasteiger partial charge in [-0.2, -0.15) is 4.98 Å². The van der Waals surface area contributed by atoms with Crippen molar-refractivity contribution >= 4 is 23.1 Å². The molecule has 0 amide bonds. The lowest BCUT2D eigenvalue weighted by Gasteiger charge is -2.17. The maximum absolute atomic E-state index is 12.5. The van der Waals surface area contributed by atoms with Gasteiger partial charge < -0.3 is 20.6 Å². The zero-order valence-corrected chi connectivity index (χ0v) is 20.1. The molecule has 2 rings (SSSR count). The summed E-state index contributed by atoms with van der Waals surface area (Å²) in [6.07, 6.45) is 15.9. The molecule has 0 saturated heterocycles. The first-order valence-corrected chi connectivity index (χ1v) is 12.5. The number of esters is 1. The number of aliphatic hydroxyl groups excluding tert-OH is 1. The average molecular weight is 464 g/mol. The molecule has 2 heterocycles. The van der Waals surface area contributed by atoms with Gasteiger partial charge in [-0.1, -0.05) is 71.1 Å². The highest BCUT2D eigenvalue weighted by Crippen LogP contribution is 2.13. The number of nitrogen functional groups attached to an aromatic ring is 1. The number of fused-ring (bicyclic) bond motifs is 1. The number of carbonyl (C=O) groups is 1. The lowest BCUT2D eigenvalue weighted by molar-refractivity contribution is -0.144. The van der Waals surface area contributed by atoms with Crippen molar-refractivity contribution in [3.05, 3.63) is 16.7 Å². The van der Waals surface area contributed by atoms with E-state index >= 15 is 0 Å². The Morgan fingerprint density at radius 1 is 1.12 bits per heavy atom. The SMILES string of the molecule is CCCCCCCCCCCCCC(=O)OCCC(CO)Cn1c(N)nc2nc[nH]c2c1=O. The third-order valence-electron chi connectivity index (χ3n) is 6.05. The van der Waals surface area contributed by atoms with E-state index in [1.165, 1.54) is 68.7 Å². The van der Waals surface area contributed by atoms with Crippen molar-refractivity contribution in [2.45, 2.75) is 96.9 Å². The molecule has 9 heteroatoms. The highest BCUT2D eigenvalue weighted by Gasteiger charge is 2.16. The van der Waals surface area contributed by atoms with Crippen molar-refractivity contribution in [2.24, 2.45) is 5.92 Å². The Bertz CT molecular complexity index is 879. The summed E-state index contributed by atoms with van der Waals surface area (Å²) in [6.45, 7) is 2.49. The Morgan fingerprint density at radius 3 is 2.39 bits per heavy atom. The van der Waals surface area contributed by atoms with Crippen LogP contribution in [0.15, 0.2) is 11.1 Å². The molecule has 0 aliphatic carbocycles. The number of rotatable bonds is 18. The van der Waals surface area contributed by atoms with Gasteiger partial charge in [-0.3, -0.25) is 14.2 Å². The Balaban J connectivity index is 1.57. The molecule has 33 heavy (non-hydrogen) atoms. The number of carbonyl (C=O) groups excluding carboxylic acids is 1. The normalized spacial score (nSPS) is 12.3. The minimum atomic E-state index is -0.332. The quantitative estimate of drug-likeness (QED) is 0.225. The van der Waals surface area contributed by atoms with Gasteiger partial charge >= 0.3 is 5.97 Å². The van der Waals surface area contributed by atoms with Gasteiger partial charge in [0.05, 0.1) is 12.9 Å². The van der Waals surface area contributed by atoms with E-state index in [1.807, 2.05) is 0 Å². The van der Waals surface area contributed by atoms with Gasteiger partial charge in [0.2, 0.25) is 5.95 Å². The smallest absolute Gasteiger partial charge is 0.305 e. The lowest BCUT2D eigenvalue weighted by Crippen LogP contribution is -2.29. The second-order valence-electron chi connectivity index (χ2n) is 8.83. The fraction of sp³-hybridized carbons (Fsp3) is 0.750. The van der Waals surface area contributed by atoms with E-state index in [0.717, 1.165) is 12.8 Å². The molecule has 1 atom stereocenters. The zero-order chi connectivity index (χ0) is 23.9. The Labute approximate surface area is 196 Å². The molecular weight excluding hydrogens is 422 g/mol. The van der Waals surface area contributed by atoms with Crippen molar-refractivity contribution < 1.29 is 14.6 Å². The number of nitrogens with one attached hydrogen (secondary N) is 1. The van der Waals surface area contributed by atoms with Gasteiger partial charge in [0.25, 0.3) is 5.56 Å². The summed E-state index contributed by atoms with van der Waals surface area (Å²) in [5, 5.41) is 9.69. The van der Waals surface area contributed by atoms with Crippen LogP contribution in [0.3, 0.4) is 0 Å². The molecule has 0 aliphatic heterocycles. The lowest BCUT2D eigenvalue weighted by atomic mass is 10.1. The molecule has 0 spiro atoms. The van der Waals surface area contributed by atoms with E-state index in [0.29, 0.717) is 12.8 Å². The summed E-state index contributed by atoms with van der Waals surface area (Å²) < 4.78 is 6.64. The van der Waals surface area contributed by atoms with Gasteiger partial charge in [-0.15, -0.1) is 0 Å². The molecule has 0 aliphatic rings. The van der Waals surface area contributed by atoms with E-state index in [4.69, 9.17) is 10.5 Å². The highest BCUT2D eigenvalue weighted by molar-refractivity contribution is 5.70. The van der Waals surface area contributed by atoms with Crippen LogP contribution in [0, 0.1) is 5.92 Å². The number of aliphatic hydroxyl groups is 1. The predicted octanol–water partition coefficient (Wildman–Crippen LogP) is 3.94. The van der Waals surface area contributed by atoms with Crippen LogP contribution in [-0.2, 0) is 16.1 Å². The number of nitrogens with two attached hydrogens (primary N) is 1. The fourth-order valence-corrected chi connectivity index (χ4v) is 3.96. The van der Waals surface area contributed by atoms with E-state index < -0.39 is 0 Å². The van der Waals surface area contributed by atoms with Gasteiger partial charge in [-0.25, -0.2) is 4.98 Å². The maximum atomic E-state index is 12.5. The number of unbranched alkanes of at least 4 members (excludes halogenated alkanes) is 10. The molecule has 0 radical (unpaired) electrons. The Morgan fingerprint density at radius 2 is 1.76 bits per heavy atom. The standard InChI is InChI=1S/C24H41N5O4/c1-2-3-4-5-6-7-8-9-10-11-12-13-20(31)33-15-14-19(17-30)16-29-23(32)21-22(27-18-26-21)28-24(29)25/h18-19,30H,2-17H2,1H3,(H2,25,28)(H,26,27). The van der Waals surface area contributed by atoms with Crippen LogP contribution in [0.1, 0.15) is 90.4 Å². The molecule has 0 bridgehead atoms. The largest absolute Gasteiger partial charge is 0.466 e. The summed E-state index contributed by atoms with van der Waals surface area (Å²) in [4.78, 5) is 35.3. The van der Waals surface area contributed by atoms with Gasteiger partial charge in [0.15, 0.2) is 11.2 Å². The third-order valence-corrected chi connectivity index (χ3v) is 6.05. The number of hydrogen-bond acceptors (Lipinski definition) is 7. The van der Waals surface area contributed by atoms with Crippen LogP contribution in [0.4, 0.5) is 5.95 Å². The maximum Gasteiger partial charge on any atom is 0.305 e. The van der Waals surface area contributed by atoms with Gasteiger partial charge in [0, 0.05) is 25.5 Å². The molecule has 1 unspecified atom stereocenters. The molecule has 2 aromatic heterocycles. The number of ether oxygens (including phenoxy) is 1. The van der Waals surface area contributed by atoms with Crippen LogP contribution in [0.5, 0.6) is 0 Å². The van der Waals surface area contributed by atoms with Gasteiger partial charge in [-0.05, 0) is 12.8 Å². The molecule has 0 fully saturated rings. The molecule has 0 saturated carbocycles. The summed E-state index contributed by atoms with van der Waals surface area (Å²) >= 11 is 0. The summed E-state index contributed by atoms with van der Waals surface area (Å²) in [6, 6.07) is 0. The number of aromatic amines is 1. The van der Waals surface area contributed by atoms with Crippen molar-refractivity contribution in [3.63, 3.8) is 0 Å². The first-order chi connectivity index (χ1) is 16.1. The molecule has 186 valence electrons. The average Bonchev–Trinajstić information content (AvgIpc) is 3.27. The topological polar surface area (TPSA) is 136 Å². The van der Waals surface area contributed by atoms with E-state index in [1.54, 1.807) is 0 Å². The minimum absolute atomic E-state index is 0.0477. The number of hydrogen-bond donors (Lipinski definition) is 3. The van der Waals surface area contributed by atoms with E-state index in [9.17, 15) is 14.7 Å². The fourth-order valence-electron chi connectivity index (χ4n) is 3.96. The van der Waals surface area contributed by atoms with Crippen molar-refractivity contribution in [2.75, 3.05) is 18.9 Å². The predicted molar refractivity (Wildman–Crippen MR) is 130 cm³/mol. The van der Waals surface area contributed by atoms with Crippen LogP contribution in [0.2, 0.25) is 0 Å². The summed E-state index contributed by atoms with van der Waals surface area (Å²) in [5.41, 5.74) is 6.10. The molecule has 9 nitrogen and oxygen atoms in total. The molecule has 0 aromatic carbocycles. The van der Waals surface area contributed by atoms with Gasteiger partial charge in [0.1, 0.15) is 0 Å². The second kappa shape index (κ2) is 15.4. The highest BCUT2D eigenvalue weighted by atomic mass is 16.5. The van der Waals surface area contributed by atoms with Crippen LogP contribution in [-0.4, -0.2) is 43.8 Å². The van der Waals surface area contributed by atoms with Crippen molar-refractivity contribution in [1.82, 2.24) is 19.5 Å².